The molecule has 1 aliphatic heterocycles. The Morgan fingerprint density at radius 3 is 2.75 bits per heavy atom. The van der Waals surface area contributed by atoms with Crippen molar-refractivity contribution in [3.63, 3.8) is 0 Å². The summed E-state index contributed by atoms with van der Waals surface area (Å²) in [6, 6.07) is 0. The van der Waals surface area contributed by atoms with E-state index < -0.39 is 0 Å². The van der Waals surface area contributed by atoms with Gasteiger partial charge in [-0.15, -0.1) is 0 Å². The molecule has 1 heterocycles. The topological polar surface area (TPSA) is 44.7 Å². The van der Waals surface area contributed by atoms with Gasteiger partial charge in [-0.2, -0.15) is 0 Å². The number of aliphatic hydroxyl groups is 1. The summed E-state index contributed by atoms with van der Waals surface area (Å²) in [6.07, 6.45) is 3.48. The predicted octanol–water partition coefficient (Wildman–Crippen LogP) is 0.459. The first kappa shape index (κ1) is 13.9. The van der Waals surface area contributed by atoms with Crippen molar-refractivity contribution in [2.75, 3.05) is 45.9 Å². The van der Waals surface area contributed by atoms with Crippen LogP contribution in [-0.2, 0) is 4.74 Å². The van der Waals surface area contributed by atoms with Gasteiger partial charge < -0.3 is 15.2 Å². The molecule has 0 aromatic carbocycles. The maximum absolute atomic E-state index is 9.81. The van der Waals surface area contributed by atoms with Crippen LogP contribution in [0, 0.1) is 0 Å². The van der Waals surface area contributed by atoms with Crippen molar-refractivity contribution in [1.29, 1.82) is 0 Å². The van der Waals surface area contributed by atoms with Crippen LogP contribution in [0.2, 0.25) is 0 Å². The highest BCUT2D eigenvalue weighted by atomic mass is 16.5. The second-order valence-corrected chi connectivity index (χ2v) is 4.48. The Hall–Kier alpha value is -0.160. The summed E-state index contributed by atoms with van der Waals surface area (Å²) in [5.41, 5.74) is 0. The fourth-order valence-electron chi connectivity index (χ4n) is 1.92. The zero-order valence-electron chi connectivity index (χ0n) is 10.5. The van der Waals surface area contributed by atoms with Crippen molar-refractivity contribution >= 4 is 0 Å². The summed E-state index contributed by atoms with van der Waals surface area (Å²) < 4.78 is 5.27. The first-order valence-electron chi connectivity index (χ1n) is 6.51. The van der Waals surface area contributed by atoms with Crippen LogP contribution in [-0.4, -0.2) is 62.0 Å². The SMILES string of the molecule is CCCCCNCC(O)CN1CCOCC1. The Morgan fingerprint density at radius 1 is 1.31 bits per heavy atom. The number of hydrogen-bond donors (Lipinski definition) is 2. The molecule has 0 amide bonds. The molecule has 4 heteroatoms. The van der Waals surface area contributed by atoms with Crippen molar-refractivity contribution in [1.82, 2.24) is 10.2 Å². The van der Waals surface area contributed by atoms with Crippen LogP contribution in [0.15, 0.2) is 0 Å². The number of unbranched alkanes of at least 4 members (excludes halogenated alkanes) is 2. The number of ether oxygens (including phenoxy) is 1. The van der Waals surface area contributed by atoms with E-state index in [0.29, 0.717) is 6.54 Å². The lowest BCUT2D eigenvalue weighted by molar-refractivity contribution is 0.0149. The maximum atomic E-state index is 9.81. The molecule has 0 aliphatic carbocycles. The van der Waals surface area contributed by atoms with Crippen LogP contribution in [0.25, 0.3) is 0 Å². The van der Waals surface area contributed by atoms with Gasteiger partial charge in [0.05, 0.1) is 19.3 Å². The van der Waals surface area contributed by atoms with Gasteiger partial charge in [-0.25, -0.2) is 0 Å². The van der Waals surface area contributed by atoms with Crippen molar-refractivity contribution in [3.05, 3.63) is 0 Å². The van der Waals surface area contributed by atoms with Gasteiger partial charge in [0.25, 0.3) is 0 Å². The standard InChI is InChI=1S/C12H26N2O2/c1-2-3-4-5-13-10-12(15)11-14-6-8-16-9-7-14/h12-13,15H,2-11H2,1H3. The zero-order chi connectivity index (χ0) is 11.6. The molecular formula is C12H26N2O2. The van der Waals surface area contributed by atoms with Gasteiger partial charge >= 0.3 is 0 Å². The highest BCUT2D eigenvalue weighted by molar-refractivity contribution is 4.69. The number of rotatable bonds is 8. The van der Waals surface area contributed by atoms with Crippen molar-refractivity contribution in [3.8, 4) is 0 Å². The first-order valence-corrected chi connectivity index (χ1v) is 6.51. The van der Waals surface area contributed by atoms with Gasteiger partial charge in [0.1, 0.15) is 0 Å². The minimum atomic E-state index is -0.250. The van der Waals surface area contributed by atoms with Crippen LogP contribution in [0.5, 0.6) is 0 Å². The van der Waals surface area contributed by atoms with Crippen LogP contribution in [0.4, 0.5) is 0 Å². The Balaban J connectivity index is 1.95. The normalized spacial score (nSPS) is 19.9. The number of β-amino-alcohol motifs (C(OH)–C–C–N with tert-alkyl or cyclic N) is 1. The average Bonchev–Trinajstić information content (AvgIpc) is 2.30. The number of nitrogens with zero attached hydrogens (tertiary/aromatic N) is 1. The Morgan fingerprint density at radius 2 is 2.06 bits per heavy atom. The maximum Gasteiger partial charge on any atom is 0.0791 e. The summed E-state index contributed by atoms with van der Waals surface area (Å²) in [5.74, 6) is 0. The highest BCUT2D eigenvalue weighted by Gasteiger charge is 2.14. The third-order valence-corrected chi connectivity index (χ3v) is 2.91. The van der Waals surface area contributed by atoms with E-state index in [4.69, 9.17) is 4.74 Å². The number of aliphatic hydroxyl groups excluding tert-OH is 1. The predicted molar refractivity (Wildman–Crippen MR) is 65.7 cm³/mol. The number of nitrogens with one attached hydrogen (secondary N) is 1. The molecule has 0 spiro atoms. The number of hydrogen-bond acceptors (Lipinski definition) is 4. The third-order valence-electron chi connectivity index (χ3n) is 2.91. The first-order chi connectivity index (χ1) is 7.83. The quantitative estimate of drug-likeness (QED) is 0.595. The van der Waals surface area contributed by atoms with Crippen LogP contribution in [0.3, 0.4) is 0 Å². The molecule has 1 unspecified atom stereocenters. The molecular weight excluding hydrogens is 204 g/mol. The molecule has 1 rings (SSSR count). The van der Waals surface area contributed by atoms with E-state index >= 15 is 0 Å². The van der Waals surface area contributed by atoms with Gasteiger partial charge in [0.15, 0.2) is 0 Å². The van der Waals surface area contributed by atoms with E-state index in [0.717, 1.165) is 39.4 Å². The molecule has 0 aromatic rings. The molecule has 1 atom stereocenters. The Bertz CT molecular complexity index is 161. The molecule has 0 aromatic heterocycles. The molecule has 2 N–H and O–H groups in total. The monoisotopic (exact) mass is 230 g/mol. The molecule has 0 saturated carbocycles. The molecule has 4 nitrogen and oxygen atoms in total. The third kappa shape index (κ3) is 6.43. The van der Waals surface area contributed by atoms with Crippen molar-refractivity contribution in [2.45, 2.75) is 32.3 Å². The van der Waals surface area contributed by atoms with E-state index in [2.05, 4.69) is 17.1 Å². The smallest absolute Gasteiger partial charge is 0.0791 e. The van der Waals surface area contributed by atoms with Gasteiger partial charge in [0.2, 0.25) is 0 Å². The van der Waals surface area contributed by atoms with Crippen molar-refractivity contribution < 1.29 is 9.84 Å². The van der Waals surface area contributed by atoms with Crippen LogP contribution in [0.1, 0.15) is 26.2 Å². The fourth-order valence-corrected chi connectivity index (χ4v) is 1.92. The van der Waals surface area contributed by atoms with Crippen LogP contribution >= 0.6 is 0 Å². The summed E-state index contributed by atoms with van der Waals surface area (Å²) in [6.45, 7) is 8.21. The summed E-state index contributed by atoms with van der Waals surface area (Å²) >= 11 is 0. The summed E-state index contributed by atoms with van der Waals surface area (Å²) in [5, 5.41) is 13.1. The molecule has 1 aliphatic rings. The lowest BCUT2D eigenvalue weighted by Crippen LogP contribution is -2.43. The molecule has 0 radical (unpaired) electrons. The van der Waals surface area contributed by atoms with E-state index in [-0.39, 0.29) is 6.10 Å². The Labute approximate surface area is 99.0 Å². The van der Waals surface area contributed by atoms with Gasteiger partial charge in [-0.1, -0.05) is 19.8 Å². The summed E-state index contributed by atoms with van der Waals surface area (Å²) in [4.78, 5) is 2.27. The molecule has 1 fully saturated rings. The van der Waals surface area contributed by atoms with Crippen LogP contribution < -0.4 is 5.32 Å². The van der Waals surface area contributed by atoms with Gasteiger partial charge in [-0.3, -0.25) is 4.90 Å². The lowest BCUT2D eigenvalue weighted by Gasteiger charge is -2.28. The fraction of sp³-hybridized carbons (Fsp3) is 1.00. The number of morpholine rings is 1. The van der Waals surface area contributed by atoms with Gasteiger partial charge in [0, 0.05) is 26.2 Å². The molecule has 0 bridgehead atoms. The Kier molecular flexibility index (Phi) is 7.76. The van der Waals surface area contributed by atoms with E-state index in [9.17, 15) is 5.11 Å². The largest absolute Gasteiger partial charge is 0.390 e. The van der Waals surface area contributed by atoms with Crippen molar-refractivity contribution in [2.24, 2.45) is 0 Å². The van der Waals surface area contributed by atoms with E-state index in [1.54, 1.807) is 0 Å². The molecule has 16 heavy (non-hydrogen) atoms. The second kappa shape index (κ2) is 8.93. The average molecular weight is 230 g/mol. The highest BCUT2D eigenvalue weighted by Crippen LogP contribution is 1.98. The summed E-state index contributed by atoms with van der Waals surface area (Å²) in [7, 11) is 0. The van der Waals surface area contributed by atoms with E-state index in [1.165, 1.54) is 19.3 Å². The van der Waals surface area contributed by atoms with Gasteiger partial charge in [-0.05, 0) is 13.0 Å². The second-order valence-electron chi connectivity index (χ2n) is 4.48. The zero-order valence-corrected chi connectivity index (χ0v) is 10.5. The molecule has 96 valence electrons. The molecule has 1 saturated heterocycles. The minimum Gasteiger partial charge on any atom is -0.390 e. The van der Waals surface area contributed by atoms with E-state index in [1.807, 2.05) is 0 Å². The lowest BCUT2D eigenvalue weighted by atomic mass is 10.2. The minimum absolute atomic E-state index is 0.250.